The van der Waals surface area contributed by atoms with Gasteiger partial charge in [0.05, 0.1) is 0 Å². The number of halogens is 10. The summed E-state index contributed by atoms with van der Waals surface area (Å²) in [5.74, 6) is -26.5. The number of benzene rings is 5. The summed E-state index contributed by atoms with van der Waals surface area (Å²) in [6, 6.07) is 15.1. The zero-order chi connectivity index (χ0) is 42.8. The zero-order valence-corrected chi connectivity index (χ0v) is 33.3. The Labute approximate surface area is 330 Å². The van der Waals surface area contributed by atoms with Gasteiger partial charge in [-0.3, -0.25) is 5.06 Å². The Balaban J connectivity index is 1.97. The van der Waals surface area contributed by atoms with Crippen LogP contribution in [-0.4, -0.2) is 23.3 Å². The molecule has 1 aliphatic heterocycles. The van der Waals surface area contributed by atoms with E-state index in [4.69, 9.17) is 9.20 Å². The number of rotatable bonds is 7. The van der Waals surface area contributed by atoms with Gasteiger partial charge in [-0.15, -0.1) is 6.58 Å². The van der Waals surface area contributed by atoms with Crippen molar-refractivity contribution in [1.82, 2.24) is 5.06 Å². The third-order valence-electron chi connectivity index (χ3n) is 10.5. The van der Waals surface area contributed by atoms with Gasteiger partial charge in [0.2, 0.25) is 0 Å². The standard InChI is InChI=1S/C43H37BF10NO2P/c1-9-43(8)21-58(41-24(4)17-22(2)18-25(41)5,42-26(6)19-23(3)20-27(42)7)57-44(29-31(45)35(49)39(53)36(50)32(29)46,30-33(47)37(51)40(54)38(52)34(30)48)56-55(43)16-15-28-13-11-10-12-14-28/h9-20H,1,21H2,2-8H3/b16-15+. The monoisotopic (exact) mass is 831 g/mol. The first-order valence-corrected chi connectivity index (χ1v) is 19.8. The van der Waals surface area contributed by atoms with Crippen LogP contribution >= 0.6 is 7.49 Å². The largest absolute Gasteiger partial charge is 0.444 e. The molecule has 1 fully saturated rings. The Hall–Kier alpha value is -4.91. The topological polar surface area (TPSA) is 21.7 Å². The Bertz CT molecular complexity index is 2300. The molecular weight excluding hydrogens is 794 g/mol. The molecule has 3 nitrogen and oxygen atoms in total. The van der Waals surface area contributed by atoms with Crippen molar-refractivity contribution in [2.75, 3.05) is 6.16 Å². The lowest BCUT2D eigenvalue weighted by molar-refractivity contribution is -0.0779. The zero-order valence-electron chi connectivity index (χ0n) is 32.4. The van der Waals surface area contributed by atoms with Gasteiger partial charge in [0.1, 0.15) is 45.6 Å². The van der Waals surface area contributed by atoms with Crippen molar-refractivity contribution in [2.45, 2.75) is 54.0 Å². The Morgan fingerprint density at radius 3 is 1.33 bits per heavy atom. The van der Waals surface area contributed by atoms with Crippen LogP contribution in [0.1, 0.15) is 45.9 Å². The second-order valence-electron chi connectivity index (χ2n) is 14.9. The molecular formula is C43H37BF10NO2P. The second kappa shape index (κ2) is 15.4. The molecule has 0 spiro atoms. The van der Waals surface area contributed by atoms with Gasteiger partial charge in [-0.05, 0) is 82.4 Å². The summed E-state index contributed by atoms with van der Waals surface area (Å²) in [6.07, 6.45) is 3.49. The highest BCUT2D eigenvalue weighted by atomic mass is 31.2. The van der Waals surface area contributed by atoms with Crippen molar-refractivity contribution in [3.63, 3.8) is 0 Å². The van der Waals surface area contributed by atoms with E-state index in [1.807, 2.05) is 0 Å². The lowest BCUT2D eigenvalue weighted by Crippen LogP contribution is -2.70. The van der Waals surface area contributed by atoms with Gasteiger partial charge in [-0.2, -0.15) is 0 Å². The fraction of sp³-hybridized carbons (Fsp3) is 0.209. The number of aryl methyl sites for hydroxylation is 6. The van der Waals surface area contributed by atoms with Gasteiger partial charge in [0, 0.05) is 6.20 Å². The second-order valence-corrected chi connectivity index (χ2v) is 17.8. The molecule has 304 valence electrons. The molecule has 15 heteroatoms. The summed E-state index contributed by atoms with van der Waals surface area (Å²) < 4.78 is 172. The fourth-order valence-corrected chi connectivity index (χ4v) is 13.6. The first kappa shape index (κ1) is 42.7. The maximum Gasteiger partial charge on any atom is 0.369 e. The number of hydroxylamine groups is 2. The Kier molecular flexibility index (Phi) is 11.3. The van der Waals surface area contributed by atoms with E-state index in [9.17, 15) is 8.78 Å². The van der Waals surface area contributed by atoms with E-state index in [0.717, 1.165) is 22.4 Å². The van der Waals surface area contributed by atoms with Crippen molar-refractivity contribution in [3.8, 4) is 0 Å². The minimum Gasteiger partial charge on any atom is -0.444 e. The minimum absolute atomic E-state index is 0.290. The first-order valence-electron chi connectivity index (χ1n) is 17.9. The summed E-state index contributed by atoms with van der Waals surface area (Å²) in [6.45, 7) is 10.4. The van der Waals surface area contributed by atoms with Crippen LogP contribution in [0.25, 0.3) is 6.08 Å². The molecule has 0 saturated carbocycles. The predicted molar refractivity (Wildman–Crippen MR) is 208 cm³/mol. The summed E-state index contributed by atoms with van der Waals surface area (Å²) in [4.78, 5) is 0. The van der Waals surface area contributed by atoms with Crippen LogP contribution in [0, 0.1) is 99.7 Å². The van der Waals surface area contributed by atoms with E-state index < -0.39 is 88.7 Å². The predicted octanol–water partition coefficient (Wildman–Crippen LogP) is 9.95. The summed E-state index contributed by atoms with van der Waals surface area (Å²) in [5, 5.41) is 1.37. The summed E-state index contributed by atoms with van der Waals surface area (Å²) >= 11 is 0. The average Bonchev–Trinajstić information content (AvgIpc) is 3.26. The third-order valence-corrected chi connectivity index (χ3v) is 15.1. The van der Waals surface area contributed by atoms with Crippen LogP contribution < -0.4 is 21.5 Å². The Morgan fingerprint density at radius 1 is 0.603 bits per heavy atom. The van der Waals surface area contributed by atoms with E-state index in [2.05, 4.69) is 6.58 Å². The van der Waals surface area contributed by atoms with Gasteiger partial charge < -0.3 is 9.20 Å². The van der Waals surface area contributed by atoms with Crippen LogP contribution in [0.4, 0.5) is 43.9 Å². The minimum atomic E-state index is -5.31. The van der Waals surface area contributed by atoms with Crippen molar-refractivity contribution < 1.29 is 53.1 Å². The van der Waals surface area contributed by atoms with Gasteiger partial charge in [0.25, 0.3) is 0 Å². The van der Waals surface area contributed by atoms with Crippen molar-refractivity contribution >= 4 is 41.7 Å². The van der Waals surface area contributed by atoms with Crippen LogP contribution in [0.5, 0.6) is 0 Å². The molecule has 1 aliphatic rings. The van der Waals surface area contributed by atoms with Crippen LogP contribution in [-0.2, 0) is 9.20 Å². The number of hydrogen-bond donors (Lipinski definition) is 0. The molecule has 1 atom stereocenters. The van der Waals surface area contributed by atoms with Crippen molar-refractivity contribution in [3.05, 3.63) is 171 Å². The molecule has 5 aromatic carbocycles. The smallest absolute Gasteiger partial charge is 0.369 e. The van der Waals surface area contributed by atoms with Gasteiger partial charge in [-0.1, -0.05) is 82.7 Å². The van der Waals surface area contributed by atoms with Crippen molar-refractivity contribution in [2.24, 2.45) is 0 Å². The van der Waals surface area contributed by atoms with Gasteiger partial charge in [0.15, 0.2) is 42.4 Å². The maximum absolute atomic E-state index is 16.7. The summed E-state index contributed by atoms with van der Waals surface area (Å²) in [5.41, 5.74) is -2.16. The molecule has 0 N–H and O–H groups in total. The molecule has 0 bridgehead atoms. The molecule has 0 aromatic heterocycles. The number of hydrogen-bond acceptors (Lipinski definition) is 3. The normalized spacial score (nSPS) is 17.8. The Morgan fingerprint density at radius 2 is 0.966 bits per heavy atom. The molecule has 5 aromatic rings. The van der Waals surface area contributed by atoms with Gasteiger partial charge in [-0.25, -0.2) is 43.9 Å². The molecule has 6 rings (SSSR count). The molecule has 1 saturated heterocycles. The quantitative estimate of drug-likeness (QED) is 0.0408. The highest BCUT2D eigenvalue weighted by molar-refractivity contribution is 7.87. The van der Waals surface area contributed by atoms with E-state index >= 15 is 35.1 Å². The third kappa shape index (κ3) is 6.72. The van der Waals surface area contributed by atoms with Crippen LogP contribution in [0.2, 0.25) is 0 Å². The van der Waals surface area contributed by atoms with Crippen molar-refractivity contribution in [1.29, 1.82) is 0 Å². The molecule has 0 radical (unpaired) electrons. The molecule has 0 amide bonds. The molecule has 1 heterocycles. The molecule has 0 aliphatic carbocycles. The molecule has 1 unspecified atom stereocenters. The highest BCUT2D eigenvalue weighted by Gasteiger charge is 2.63. The van der Waals surface area contributed by atoms with Gasteiger partial charge >= 0.3 is 6.55 Å². The molecule has 58 heavy (non-hydrogen) atoms. The number of nitrogens with zero attached hydrogens (tertiary/aromatic N) is 1. The fourth-order valence-electron chi connectivity index (χ4n) is 8.31. The maximum atomic E-state index is 16.7. The van der Waals surface area contributed by atoms with E-state index in [0.29, 0.717) is 27.8 Å². The lowest BCUT2D eigenvalue weighted by atomic mass is 9.46. The first-order chi connectivity index (χ1) is 27.1. The highest BCUT2D eigenvalue weighted by Crippen LogP contribution is 2.66. The van der Waals surface area contributed by atoms with E-state index in [1.165, 1.54) is 19.1 Å². The van der Waals surface area contributed by atoms with Crippen LogP contribution in [0.3, 0.4) is 0 Å². The van der Waals surface area contributed by atoms with E-state index in [-0.39, 0.29) is 16.8 Å². The van der Waals surface area contributed by atoms with E-state index in [1.54, 1.807) is 96.1 Å². The lowest BCUT2D eigenvalue weighted by Gasteiger charge is -2.46. The SMILES string of the molecule is C=CC1(C)C[P+](c2c(C)cc(C)cc2C)(c2c(C)cc(C)cc2C)O[B-](c2c(F)c(F)c(F)c(F)c2F)(c2c(F)c(F)c(F)c(F)c2F)ON1/C=C/c1ccccc1. The average molecular weight is 832 g/mol. The summed E-state index contributed by atoms with van der Waals surface area (Å²) in [7, 11) is -4.30. The van der Waals surface area contributed by atoms with Crippen LogP contribution in [0.15, 0.2) is 73.5 Å².